The van der Waals surface area contributed by atoms with Gasteiger partial charge in [0.05, 0.1) is 22.4 Å². The van der Waals surface area contributed by atoms with Crippen molar-refractivity contribution in [3.63, 3.8) is 0 Å². The van der Waals surface area contributed by atoms with Crippen LogP contribution in [-0.2, 0) is 6.54 Å². The van der Waals surface area contributed by atoms with Crippen LogP contribution in [-0.4, -0.2) is 76.9 Å². The fraction of sp³-hybridized carbons (Fsp3) is 0.323. The first-order chi connectivity index (χ1) is 18.5. The number of benzene rings is 3. The molecule has 6 nitrogen and oxygen atoms in total. The van der Waals surface area contributed by atoms with E-state index in [1.54, 1.807) is 12.1 Å². The number of rotatable bonds is 5. The monoisotopic (exact) mass is 509 g/mol. The van der Waals surface area contributed by atoms with Crippen LogP contribution in [0.2, 0.25) is 0 Å². The molecule has 1 aromatic heterocycles. The number of aromatic nitrogens is 2. The molecule has 3 aromatic carbocycles. The molecule has 6 rings (SSSR count). The highest BCUT2D eigenvalue weighted by atomic mass is 19.1. The van der Waals surface area contributed by atoms with E-state index in [-0.39, 0.29) is 11.7 Å². The third-order valence-electron chi connectivity index (χ3n) is 7.62. The first-order valence-electron chi connectivity index (χ1n) is 13.4. The number of likely N-dealkylation sites (N-methyl/N-ethyl adjacent to an activating group) is 1. The minimum absolute atomic E-state index is 0.0174. The average molecular weight is 510 g/mol. The molecule has 0 N–H and O–H groups in total. The molecule has 0 atom stereocenters. The Kier molecular flexibility index (Phi) is 6.87. The highest BCUT2D eigenvalue weighted by Crippen LogP contribution is 2.32. The second kappa shape index (κ2) is 10.6. The lowest BCUT2D eigenvalue weighted by Gasteiger charge is -2.32. The Morgan fingerprint density at radius 2 is 1.50 bits per heavy atom. The molecule has 194 valence electrons. The van der Waals surface area contributed by atoms with Crippen LogP contribution in [0.1, 0.15) is 28.8 Å². The van der Waals surface area contributed by atoms with Crippen LogP contribution in [0.4, 0.5) is 4.39 Å². The smallest absolute Gasteiger partial charge is 0.254 e. The molecule has 1 amide bonds. The topological polar surface area (TPSA) is 52.6 Å². The third kappa shape index (κ3) is 5.17. The Balaban J connectivity index is 1.40. The van der Waals surface area contributed by atoms with Gasteiger partial charge in [0.1, 0.15) is 5.82 Å². The quantitative estimate of drug-likeness (QED) is 0.375. The lowest BCUT2D eigenvalue weighted by atomic mass is 10.0. The summed E-state index contributed by atoms with van der Waals surface area (Å²) in [6, 6.07) is 20.4. The van der Waals surface area contributed by atoms with Gasteiger partial charge < -0.3 is 9.80 Å². The summed E-state index contributed by atoms with van der Waals surface area (Å²) >= 11 is 0. The number of halogens is 1. The summed E-state index contributed by atoms with van der Waals surface area (Å²) in [5, 5.41) is 0. The van der Waals surface area contributed by atoms with Gasteiger partial charge in [-0.1, -0.05) is 18.2 Å². The molecule has 38 heavy (non-hydrogen) atoms. The lowest BCUT2D eigenvalue weighted by molar-refractivity contribution is 0.0664. The second-order valence-corrected chi connectivity index (χ2v) is 10.4. The van der Waals surface area contributed by atoms with Gasteiger partial charge in [0, 0.05) is 49.4 Å². The van der Waals surface area contributed by atoms with E-state index in [0.29, 0.717) is 29.9 Å². The molecule has 2 aliphatic heterocycles. The largest absolute Gasteiger partial charge is 0.336 e. The van der Waals surface area contributed by atoms with Crippen molar-refractivity contribution in [1.82, 2.24) is 24.7 Å². The zero-order valence-corrected chi connectivity index (χ0v) is 21.7. The minimum atomic E-state index is -0.295. The maximum absolute atomic E-state index is 13.8. The molecule has 3 heterocycles. The Hall–Kier alpha value is -3.68. The molecule has 2 saturated heterocycles. The SMILES string of the molecule is CN1CCN(C(=O)c2ccc3nc(-c4cccc(CN5CCCC5)c4)c(-c4ccc(F)cc4)nc3c2)CC1. The van der Waals surface area contributed by atoms with Crippen molar-refractivity contribution < 1.29 is 9.18 Å². The minimum Gasteiger partial charge on any atom is -0.336 e. The van der Waals surface area contributed by atoms with Gasteiger partial charge in [0.25, 0.3) is 5.91 Å². The van der Waals surface area contributed by atoms with Gasteiger partial charge in [-0.2, -0.15) is 0 Å². The van der Waals surface area contributed by atoms with Crippen LogP contribution in [0.15, 0.2) is 66.7 Å². The van der Waals surface area contributed by atoms with E-state index in [0.717, 1.165) is 55.1 Å². The van der Waals surface area contributed by atoms with E-state index < -0.39 is 0 Å². The molecular formula is C31H32FN5O. The Morgan fingerprint density at radius 1 is 0.789 bits per heavy atom. The summed E-state index contributed by atoms with van der Waals surface area (Å²) in [4.78, 5) is 29.9. The number of nitrogens with zero attached hydrogens (tertiary/aromatic N) is 5. The number of amides is 1. The van der Waals surface area contributed by atoms with Crippen molar-refractivity contribution in [2.45, 2.75) is 19.4 Å². The molecule has 2 aliphatic rings. The van der Waals surface area contributed by atoms with Gasteiger partial charge in [-0.15, -0.1) is 0 Å². The summed E-state index contributed by atoms with van der Waals surface area (Å²) in [6.45, 7) is 6.35. The Morgan fingerprint density at radius 3 is 2.26 bits per heavy atom. The predicted molar refractivity (Wildman–Crippen MR) is 148 cm³/mol. The number of likely N-dealkylation sites (tertiary alicyclic amines) is 1. The third-order valence-corrected chi connectivity index (χ3v) is 7.62. The van der Waals surface area contributed by atoms with E-state index in [1.165, 1.54) is 30.5 Å². The molecule has 0 bridgehead atoms. The van der Waals surface area contributed by atoms with E-state index in [4.69, 9.17) is 9.97 Å². The summed E-state index contributed by atoms with van der Waals surface area (Å²) in [7, 11) is 2.07. The van der Waals surface area contributed by atoms with Crippen LogP contribution in [0, 0.1) is 5.82 Å². The van der Waals surface area contributed by atoms with Crippen LogP contribution in [0.3, 0.4) is 0 Å². The normalized spacial score (nSPS) is 16.8. The van der Waals surface area contributed by atoms with Gasteiger partial charge in [0.15, 0.2) is 0 Å². The number of piperazine rings is 1. The van der Waals surface area contributed by atoms with Crippen LogP contribution in [0.25, 0.3) is 33.5 Å². The van der Waals surface area contributed by atoms with Gasteiger partial charge >= 0.3 is 0 Å². The van der Waals surface area contributed by atoms with Gasteiger partial charge in [-0.05, 0) is 87.1 Å². The van der Waals surface area contributed by atoms with Gasteiger partial charge in [-0.25, -0.2) is 14.4 Å². The highest BCUT2D eigenvalue weighted by molar-refractivity contribution is 5.98. The molecule has 2 fully saturated rings. The fourth-order valence-electron chi connectivity index (χ4n) is 5.41. The second-order valence-electron chi connectivity index (χ2n) is 10.4. The zero-order valence-electron chi connectivity index (χ0n) is 21.7. The highest BCUT2D eigenvalue weighted by Gasteiger charge is 2.22. The Labute approximate surface area is 222 Å². The molecule has 0 radical (unpaired) electrons. The van der Waals surface area contributed by atoms with Crippen molar-refractivity contribution in [1.29, 1.82) is 0 Å². The summed E-state index contributed by atoms with van der Waals surface area (Å²) in [6.07, 6.45) is 2.51. The number of carbonyl (C=O) groups excluding carboxylic acids is 1. The van der Waals surface area contributed by atoms with Crippen molar-refractivity contribution in [3.8, 4) is 22.5 Å². The van der Waals surface area contributed by atoms with Crippen molar-refractivity contribution >= 4 is 16.9 Å². The molecular weight excluding hydrogens is 477 g/mol. The number of fused-ring (bicyclic) bond motifs is 1. The number of carbonyl (C=O) groups is 1. The average Bonchev–Trinajstić information content (AvgIpc) is 3.46. The van der Waals surface area contributed by atoms with Crippen LogP contribution < -0.4 is 0 Å². The van der Waals surface area contributed by atoms with Crippen LogP contribution in [0.5, 0.6) is 0 Å². The molecule has 0 spiro atoms. The first kappa shape index (κ1) is 24.6. The van der Waals surface area contributed by atoms with E-state index in [9.17, 15) is 9.18 Å². The zero-order chi connectivity index (χ0) is 26.1. The van der Waals surface area contributed by atoms with Crippen molar-refractivity contribution in [2.24, 2.45) is 0 Å². The summed E-state index contributed by atoms with van der Waals surface area (Å²) in [5.74, 6) is -0.277. The van der Waals surface area contributed by atoms with Crippen molar-refractivity contribution in [3.05, 3.63) is 83.7 Å². The lowest BCUT2D eigenvalue weighted by Crippen LogP contribution is -2.47. The summed E-state index contributed by atoms with van der Waals surface area (Å²) in [5.41, 5.74) is 6.44. The first-order valence-corrected chi connectivity index (χ1v) is 13.4. The Bertz CT molecular complexity index is 1460. The standard InChI is InChI=1S/C31H32FN5O/c1-35-15-17-37(18-16-35)31(38)25-9-12-27-28(20-25)34-29(23-7-10-26(32)11-8-23)30(33-27)24-6-4-5-22(19-24)21-36-13-2-3-14-36/h4-12,19-20H,2-3,13-18,21H2,1H3. The predicted octanol–water partition coefficient (Wildman–Crippen LogP) is 5.09. The molecule has 0 unspecified atom stereocenters. The van der Waals surface area contributed by atoms with E-state index in [2.05, 4.69) is 41.1 Å². The summed E-state index contributed by atoms with van der Waals surface area (Å²) < 4.78 is 13.8. The maximum atomic E-state index is 13.8. The van der Waals surface area contributed by atoms with Crippen LogP contribution >= 0.6 is 0 Å². The van der Waals surface area contributed by atoms with Crippen molar-refractivity contribution in [2.75, 3.05) is 46.3 Å². The molecule has 0 saturated carbocycles. The maximum Gasteiger partial charge on any atom is 0.254 e. The molecule has 0 aliphatic carbocycles. The molecule has 4 aromatic rings. The fourth-order valence-corrected chi connectivity index (χ4v) is 5.41. The van der Waals surface area contributed by atoms with E-state index >= 15 is 0 Å². The number of hydrogen-bond acceptors (Lipinski definition) is 5. The van der Waals surface area contributed by atoms with Gasteiger partial charge in [-0.3, -0.25) is 9.69 Å². The molecule has 7 heteroatoms. The number of hydrogen-bond donors (Lipinski definition) is 0. The van der Waals surface area contributed by atoms with E-state index in [1.807, 2.05) is 23.1 Å². The van der Waals surface area contributed by atoms with Gasteiger partial charge in [0.2, 0.25) is 0 Å².